The molecule has 8 aromatic rings. The van der Waals surface area contributed by atoms with Gasteiger partial charge in [-0.25, -0.2) is 23.5 Å². The van der Waals surface area contributed by atoms with Crippen molar-refractivity contribution in [3.05, 3.63) is 165 Å². The molecular formula is C58H50F8N8O5S2. The number of benzene rings is 2. The lowest BCUT2D eigenvalue weighted by Gasteiger charge is -2.15. The Morgan fingerprint density at radius 1 is 0.630 bits per heavy atom. The number of likely N-dealkylation sites (tertiary alicyclic amines) is 1. The highest BCUT2D eigenvalue weighted by atomic mass is 32.1. The number of pyridine rings is 4. The summed E-state index contributed by atoms with van der Waals surface area (Å²) in [5.41, 5.74) is 12.1. The van der Waals surface area contributed by atoms with Crippen molar-refractivity contribution in [2.24, 2.45) is 0 Å². The summed E-state index contributed by atoms with van der Waals surface area (Å²) in [5, 5.41) is 12.7. The maximum atomic E-state index is 14.0. The Morgan fingerprint density at radius 2 is 1.12 bits per heavy atom. The van der Waals surface area contributed by atoms with Gasteiger partial charge in [-0.15, -0.1) is 22.7 Å². The van der Waals surface area contributed by atoms with Gasteiger partial charge in [0.25, 0.3) is 5.91 Å². The lowest BCUT2D eigenvalue weighted by Crippen LogP contribution is -2.29. The number of aromatic carboxylic acids is 1. The fourth-order valence-electron chi connectivity index (χ4n) is 8.53. The minimum Gasteiger partial charge on any atom is -0.478 e. The van der Waals surface area contributed by atoms with Crippen LogP contribution >= 0.6 is 22.7 Å². The smallest absolute Gasteiger partial charge is 0.417 e. The normalized spacial score (nSPS) is 15.5. The first-order valence-electron chi connectivity index (χ1n) is 25.1. The fourth-order valence-corrected chi connectivity index (χ4v) is 10.9. The molecule has 2 aliphatic heterocycles. The molecule has 0 saturated carbocycles. The largest absolute Gasteiger partial charge is 0.478 e. The molecule has 0 spiro atoms. The predicted molar refractivity (Wildman–Crippen MR) is 297 cm³/mol. The number of halogens is 8. The highest BCUT2D eigenvalue weighted by molar-refractivity contribution is 7.19. The monoisotopic (exact) mass is 1150 g/mol. The number of carboxylic acids is 1. The van der Waals surface area contributed by atoms with Crippen molar-refractivity contribution >= 4 is 90.1 Å². The zero-order valence-electron chi connectivity index (χ0n) is 42.7. The number of hydrogen-bond acceptors (Lipinski definition) is 13. The second-order valence-electron chi connectivity index (χ2n) is 18.8. The first-order valence-corrected chi connectivity index (χ1v) is 26.8. The minimum atomic E-state index is -4.60. The summed E-state index contributed by atoms with van der Waals surface area (Å²) in [6.45, 7) is 1.77. The first kappa shape index (κ1) is 58.9. The number of nitrogens with zero attached hydrogens (tertiary/aromatic N) is 5. The number of hydrogen-bond donors (Lipinski definition) is 4. The standard InChI is InChI=1S/C29H24F4N4O2S.C25H18F3N3O3S.C4H8FN/c30-21-9-10-37(16-21)28(39)18-3-7-25(35-15-18)19-11-20-12-23(40-27(20)24(13-19)29(31,32)33)6-5-22(38)4-1-17-2-8-26(34)36-14-17;26-25(27,28)20-11-16(21-7-3-15(13-30-21)24(33)34)9-17-10-19(35-23(17)20)6-5-18(32)4-1-14-2-8-22(29)31-12-14;5-4-1-2-6-3-4/h1-4,7-8,11-15,21H,5-6,9-10,16H2,(H2,34,36);1-4,7-13H,5-6H2,(H2,29,31)(H,33,34);4,6H,1-3H2/b2*4-1+;/t21-;;4-/m0.0/s1. The van der Waals surface area contributed by atoms with E-state index in [1.165, 1.54) is 59.9 Å². The molecular weight excluding hydrogens is 1100 g/mol. The van der Waals surface area contributed by atoms with Gasteiger partial charge in [0, 0.05) is 81.0 Å². The van der Waals surface area contributed by atoms with Crippen LogP contribution in [-0.4, -0.2) is 91.9 Å². The topological polar surface area (TPSA) is 207 Å². The number of carboxylic acid groups (broad SMARTS) is 1. The third kappa shape index (κ3) is 16.0. The Hall–Kier alpha value is -8.28. The molecule has 0 radical (unpaired) electrons. The van der Waals surface area contributed by atoms with Crippen molar-refractivity contribution in [1.82, 2.24) is 30.2 Å². The van der Waals surface area contributed by atoms with Crippen LogP contribution in [0, 0.1) is 0 Å². The molecule has 0 aliphatic carbocycles. The van der Waals surface area contributed by atoms with Crippen LogP contribution in [0.5, 0.6) is 0 Å². The molecule has 10 rings (SSSR count). The van der Waals surface area contributed by atoms with E-state index in [-0.39, 0.29) is 86.3 Å². The number of anilines is 2. The van der Waals surface area contributed by atoms with Gasteiger partial charge >= 0.3 is 18.3 Å². The summed E-state index contributed by atoms with van der Waals surface area (Å²) in [5.74, 6) is -1.13. The molecule has 23 heteroatoms. The van der Waals surface area contributed by atoms with Crippen molar-refractivity contribution in [2.45, 2.75) is 63.2 Å². The quantitative estimate of drug-likeness (QED) is 0.0592. The van der Waals surface area contributed by atoms with E-state index < -0.39 is 41.8 Å². The number of nitrogens with one attached hydrogen (secondary N) is 1. The SMILES string of the molecule is F[C@H]1CCNC1.Nc1ccc(/C=C/C(=O)CCc2cc3cc(-c4ccc(C(=O)N5CC[C@H](F)C5)cn4)cc(C(F)(F)F)c3s2)cn1.Nc1ccc(/C=C/C(=O)CCc2cc3cc(-c4ccc(C(=O)O)cn4)cc(C(F)(F)F)c3s2)cn1. The van der Waals surface area contributed by atoms with Gasteiger partial charge in [0.15, 0.2) is 11.6 Å². The van der Waals surface area contributed by atoms with E-state index >= 15 is 0 Å². The Bertz CT molecular complexity index is 3600. The number of ketones is 2. The minimum absolute atomic E-state index is 0.0225. The molecule has 6 N–H and O–H groups in total. The molecule has 2 atom stereocenters. The van der Waals surface area contributed by atoms with Gasteiger partial charge in [0.05, 0.1) is 40.2 Å². The van der Waals surface area contributed by atoms with Crippen LogP contribution in [-0.2, 0) is 34.8 Å². The predicted octanol–water partition coefficient (Wildman–Crippen LogP) is 12.5. The van der Waals surface area contributed by atoms with Crippen molar-refractivity contribution in [2.75, 3.05) is 37.6 Å². The van der Waals surface area contributed by atoms with Crippen LogP contribution in [0.4, 0.5) is 46.8 Å². The molecule has 420 valence electrons. The molecule has 2 saturated heterocycles. The van der Waals surface area contributed by atoms with Gasteiger partial charge in [0.1, 0.15) is 24.0 Å². The van der Waals surface area contributed by atoms with Crippen LogP contribution in [0.1, 0.15) is 78.4 Å². The average Bonchev–Trinajstić information content (AvgIpc) is 4.31. The van der Waals surface area contributed by atoms with Crippen LogP contribution in [0.25, 0.3) is 54.8 Å². The second kappa shape index (κ2) is 25.9. The summed E-state index contributed by atoms with van der Waals surface area (Å²) < 4.78 is 109. The number of nitrogens with two attached hydrogens (primary N) is 2. The number of aromatic nitrogens is 4. The van der Waals surface area contributed by atoms with Crippen molar-refractivity contribution in [3.63, 3.8) is 0 Å². The summed E-state index contributed by atoms with van der Waals surface area (Å²) >= 11 is 2.01. The number of carbonyl (C=O) groups excluding carboxylic acids is 3. The number of fused-ring (bicyclic) bond motifs is 2. The Balaban J connectivity index is 0.000000194. The van der Waals surface area contributed by atoms with Crippen LogP contribution in [0.2, 0.25) is 0 Å². The zero-order chi connectivity index (χ0) is 58.0. The number of rotatable bonds is 14. The molecule has 2 aliphatic rings. The molecule has 6 aromatic heterocycles. The Labute approximate surface area is 466 Å². The van der Waals surface area contributed by atoms with Crippen LogP contribution < -0.4 is 16.8 Å². The molecule has 0 unspecified atom stereocenters. The van der Waals surface area contributed by atoms with E-state index in [0.29, 0.717) is 75.6 Å². The highest BCUT2D eigenvalue weighted by Gasteiger charge is 2.36. The molecule has 2 aromatic carbocycles. The van der Waals surface area contributed by atoms with Crippen molar-refractivity contribution in [3.8, 4) is 22.5 Å². The zero-order valence-corrected chi connectivity index (χ0v) is 44.4. The van der Waals surface area contributed by atoms with E-state index in [0.717, 1.165) is 47.5 Å². The van der Waals surface area contributed by atoms with Gasteiger partial charge < -0.3 is 26.8 Å². The maximum absolute atomic E-state index is 14.0. The number of amides is 1. The van der Waals surface area contributed by atoms with Crippen molar-refractivity contribution < 1.29 is 59.4 Å². The third-order valence-corrected chi connectivity index (χ3v) is 15.2. The number of thiophene rings is 2. The summed E-state index contributed by atoms with van der Waals surface area (Å²) in [6.07, 6.45) is 2.56. The number of allylic oxidation sites excluding steroid dienone is 2. The summed E-state index contributed by atoms with van der Waals surface area (Å²) in [7, 11) is 0. The van der Waals surface area contributed by atoms with E-state index in [1.807, 2.05) is 0 Å². The lowest BCUT2D eigenvalue weighted by molar-refractivity contribution is -0.137. The molecule has 13 nitrogen and oxygen atoms in total. The highest BCUT2D eigenvalue weighted by Crippen LogP contribution is 2.43. The van der Waals surface area contributed by atoms with E-state index in [1.54, 1.807) is 60.7 Å². The average molecular weight is 1160 g/mol. The van der Waals surface area contributed by atoms with Gasteiger partial charge in [-0.1, -0.05) is 0 Å². The van der Waals surface area contributed by atoms with Gasteiger partial charge in [-0.3, -0.25) is 24.4 Å². The lowest BCUT2D eigenvalue weighted by atomic mass is 10.0. The van der Waals surface area contributed by atoms with Gasteiger partial charge in [-0.2, -0.15) is 26.3 Å². The molecule has 0 bridgehead atoms. The second-order valence-corrected chi connectivity index (χ2v) is 21.1. The molecule has 1 amide bonds. The number of carbonyl (C=O) groups is 4. The molecule has 8 heterocycles. The fraction of sp³-hybridized carbons (Fsp3) is 0.241. The van der Waals surface area contributed by atoms with Crippen LogP contribution in [0.3, 0.4) is 0 Å². The first-order chi connectivity index (χ1) is 38.6. The molecule has 81 heavy (non-hydrogen) atoms. The molecule has 2 fully saturated rings. The van der Waals surface area contributed by atoms with Crippen LogP contribution in [0.15, 0.2) is 122 Å². The number of alkyl halides is 8. The summed E-state index contributed by atoms with van der Waals surface area (Å²) in [6, 6.07) is 20.9. The van der Waals surface area contributed by atoms with E-state index in [2.05, 4.69) is 25.3 Å². The number of aryl methyl sites for hydroxylation is 2. The van der Waals surface area contributed by atoms with E-state index in [9.17, 15) is 54.3 Å². The van der Waals surface area contributed by atoms with Gasteiger partial charge in [-0.05, 0) is 163 Å². The maximum Gasteiger partial charge on any atom is 0.417 e. The van der Waals surface area contributed by atoms with E-state index in [4.69, 9.17) is 16.6 Å². The summed E-state index contributed by atoms with van der Waals surface area (Å²) in [4.78, 5) is 67.0. The van der Waals surface area contributed by atoms with Crippen molar-refractivity contribution in [1.29, 1.82) is 0 Å². The Morgan fingerprint density at radius 3 is 1.48 bits per heavy atom. The number of nitrogen functional groups attached to an aromatic ring is 2. The third-order valence-electron chi connectivity index (χ3n) is 12.8. The Kier molecular flexibility index (Phi) is 18.8. The van der Waals surface area contributed by atoms with Gasteiger partial charge in [0.2, 0.25) is 0 Å².